The molecule has 0 N–H and O–H groups in total. The number of hydrogen-bond acceptors (Lipinski definition) is 4. The van der Waals surface area contributed by atoms with E-state index >= 15 is 0 Å². The van der Waals surface area contributed by atoms with E-state index in [4.69, 9.17) is 13.6 Å². The molecule has 2 aromatic rings. The molecule has 0 heterocycles. The second-order valence-electron chi connectivity index (χ2n) is 6.67. The Morgan fingerprint density at radius 3 is 1.88 bits per heavy atom. The predicted molar refractivity (Wildman–Crippen MR) is 103 cm³/mol. The van der Waals surface area contributed by atoms with Crippen molar-refractivity contribution in [3.63, 3.8) is 0 Å². The Morgan fingerprint density at radius 1 is 0.962 bits per heavy atom. The average molecular weight is 374 g/mol. The molecule has 1 aliphatic rings. The summed E-state index contributed by atoms with van der Waals surface area (Å²) >= 11 is 0. The first-order chi connectivity index (χ1) is 12.6. The lowest BCUT2D eigenvalue weighted by Crippen LogP contribution is -2.35. The molecule has 1 aliphatic carbocycles. The second kappa shape index (κ2) is 8.49. The van der Waals surface area contributed by atoms with Crippen molar-refractivity contribution in [2.45, 2.75) is 44.1 Å². The third-order valence-electron chi connectivity index (χ3n) is 5.23. The first-order valence-corrected chi connectivity index (χ1v) is 10.7. The van der Waals surface area contributed by atoms with Gasteiger partial charge in [0.1, 0.15) is 0 Å². The molecule has 26 heavy (non-hydrogen) atoms. The van der Waals surface area contributed by atoms with Crippen molar-refractivity contribution in [2.24, 2.45) is 0 Å². The Morgan fingerprint density at radius 2 is 1.46 bits per heavy atom. The van der Waals surface area contributed by atoms with Crippen molar-refractivity contribution in [3.05, 3.63) is 71.8 Å². The van der Waals surface area contributed by atoms with E-state index < -0.39 is 7.82 Å². The summed E-state index contributed by atoms with van der Waals surface area (Å²) in [5.41, 5.74) is 2.61. The van der Waals surface area contributed by atoms with Crippen LogP contribution in [-0.2, 0) is 23.6 Å². The van der Waals surface area contributed by atoms with Gasteiger partial charge in [0.15, 0.2) is 0 Å². The van der Waals surface area contributed by atoms with Crippen LogP contribution in [0, 0.1) is 0 Å². The fourth-order valence-electron chi connectivity index (χ4n) is 3.91. The van der Waals surface area contributed by atoms with Crippen LogP contribution in [0.25, 0.3) is 0 Å². The largest absolute Gasteiger partial charge is 0.474 e. The molecular formula is C21H27O4P. The van der Waals surface area contributed by atoms with Crippen LogP contribution in [-0.4, -0.2) is 19.8 Å². The van der Waals surface area contributed by atoms with Crippen molar-refractivity contribution < 1.29 is 18.1 Å². The van der Waals surface area contributed by atoms with E-state index in [9.17, 15) is 4.57 Å². The van der Waals surface area contributed by atoms with Crippen LogP contribution in [0.4, 0.5) is 0 Å². The minimum Gasteiger partial charge on any atom is -0.290 e. The van der Waals surface area contributed by atoms with Gasteiger partial charge in [-0.2, -0.15) is 0 Å². The number of phosphoric acid groups is 1. The Bertz CT molecular complexity index is 683. The lowest BCUT2D eigenvalue weighted by molar-refractivity contribution is 0.0633. The molecule has 4 nitrogen and oxygen atoms in total. The third kappa shape index (κ3) is 4.10. The quantitative estimate of drug-likeness (QED) is 0.581. The first kappa shape index (κ1) is 19.3. The first-order valence-electron chi connectivity index (χ1n) is 9.21. The molecule has 0 bridgehead atoms. The topological polar surface area (TPSA) is 44.8 Å². The minimum atomic E-state index is -3.45. The van der Waals surface area contributed by atoms with Gasteiger partial charge in [0.05, 0.1) is 12.7 Å². The molecule has 0 spiro atoms. The predicted octanol–water partition coefficient (Wildman–Crippen LogP) is 5.72. The van der Waals surface area contributed by atoms with E-state index in [1.54, 1.807) is 6.92 Å². The SMILES string of the molecule is CCOP(=O)(OC)OC1CCC(c2ccccc2)(c2ccccc2)CC1. The van der Waals surface area contributed by atoms with E-state index in [-0.39, 0.29) is 11.5 Å². The fourth-order valence-corrected chi connectivity index (χ4v) is 5.06. The molecule has 0 radical (unpaired) electrons. The summed E-state index contributed by atoms with van der Waals surface area (Å²) in [5.74, 6) is 0. The number of hydrogen-bond donors (Lipinski definition) is 0. The molecule has 3 rings (SSSR count). The summed E-state index contributed by atoms with van der Waals surface area (Å²) in [7, 11) is -2.08. The summed E-state index contributed by atoms with van der Waals surface area (Å²) in [6.45, 7) is 2.08. The van der Waals surface area contributed by atoms with Gasteiger partial charge in [0.25, 0.3) is 0 Å². The summed E-state index contributed by atoms with van der Waals surface area (Å²) < 4.78 is 28.5. The number of phosphoric ester groups is 1. The highest BCUT2D eigenvalue weighted by Crippen LogP contribution is 2.53. The molecule has 0 amide bonds. The molecule has 1 saturated carbocycles. The summed E-state index contributed by atoms with van der Waals surface area (Å²) in [6, 6.07) is 21.3. The van der Waals surface area contributed by atoms with Gasteiger partial charge in [-0.25, -0.2) is 4.57 Å². The van der Waals surface area contributed by atoms with Crippen LogP contribution in [0.1, 0.15) is 43.7 Å². The maximum Gasteiger partial charge on any atom is 0.474 e. The van der Waals surface area contributed by atoms with Crippen molar-refractivity contribution in [3.8, 4) is 0 Å². The highest BCUT2D eigenvalue weighted by atomic mass is 31.2. The van der Waals surface area contributed by atoms with Crippen LogP contribution in [0.5, 0.6) is 0 Å². The molecule has 2 aromatic carbocycles. The molecule has 1 fully saturated rings. The van der Waals surface area contributed by atoms with Gasteiger partial charge in [-0.15, -0.1) is 0 Å². The lowest BCUT2D eigenvalue weighted by Gasteiger charge is -2.41. The third-order valence-corrected chi connectivity index (χ3v) is 6.81. The fraction of sp³-hybridized carbons (Fsp3) is 0.429. The van der Waals surface area contributed by atoms with Gasteiger partial charge < -0.3 is 0 Å². The van der Waals surface area contributed by atoms with Gasteiger partial charge in [0.2, 0.25) is 0 Å². The van der Waals surface area contributed by atoms with Gasteiger partial charge in [-0.3, -0.25) is 13.6 Å². The van der Waals surface area contributed by atoms with Crippen LogP contribution in [0.15, 0.2) is 60.7 Å². The summed E-state index contributed by atoms with van der Waals surface area (Å²) in [4.78, 5) is 0. The van der Waals surface area contributed by atoms with Gasteiger partial charge >= 0.3 is 7.82 Å². The molecular weight excluding hydrogens is 347 g/mol. The Hall–Kier alpha value is -1.45. The van der Waals surface area contributed by atoms with Crippen LogP contribution >= 0.6 is 7.82 Å². The van der Waals surface area contributed by atoms with Crippen molar-refractivity contribution in [1.29, 1.82) is 0 Å². The normalized spacial score (nSPS) is 19.8. The van der Waals surface area contributed by atoms with E-state index in [0.717, 1.165) is 25.7 Å². The van der Waals surface area contributed by atoms with Crippen molar-refractivity contribution in [2.75, 3.05) is 13.7 Å². The Kier molecular flexibility index (Phi) is 6.31. The van der Waals surface area contributed by atoms with E-state index in [1.807, 2.05) is 12.1 Å². The Labute approximate surface area is 156 Å². The van der Waals surface area contributed by atoms with E-state index in [2.05, 4.69) is 48.5 Å². The molecule has 140 valence electrons. The summed E-state index contributed by atoms with van der Waals surface area (Å²) in [5, 5.41) is 0. The molecule has 0 aromatic heterocycles. The monoisotopic (exact) mass is 374 g/mol. The van der Waals surface area contributed by atoms with Crippen molar-refractivity contribution >= 4 is 7.82 Å². The Balaban J connectivity index is 1.82. The minimum absolute atomic E-state index is 0.0367. The number of rotatable bonds is 7. The van der Waals surface area contributed by atoms with Crippen molar-refractivity contribution in [1.82, 2.24) is 0 Å². The second-order valence-corrected chi connectivity index (χ2v) is 8.40. The highest BCUT2D eigenvalue weighted by molar-refractivity contribution is 7.48. The molecule has 0 saturated heterocycles. The highest BCUT2D eigenvalue weighted by Gasteiger charge is 2.40. The zero-order valence-electron chi connectivity index (χ0n) is 15.5. The average Bonchev–Trinajstić information content (AvgIpc) is 2.70. The molecule has 1 unspecified atom stereocenters. The van der Waals surface area contributed by atoms with Crippen LogP contribution in [0.2, 0.25) is 0 Å². The number of benzene rings is 2. The molecule has 5 heteroatoms. The van der Waals surface area contributed by atoms with Gasteiger partial charge in [-0.05, 0) is 43.7 Å². The maximum atomic E-state index is 12.5. The lowest BCUT2D eigenvalue weighted by atomic mass is 9.65. The molecule has 0 aliphatic heterocycles. The maximum absolute atomic E-state index is 12.5. The molecule has 1 atom stereocenters. The standard InChI is InChI=1S/C21H27O4P/c1-3-24-26(22,23-2)25-20-14-16-21(17-15-20,18-10-6-4-7-11-18)19-12-8-5-9-13-19/h4-13,20H,3,14-17H2,1-2H3. The smallest absolute Gasteiger partial charge is 0.290 e. The summed E-state index contributed by atoms with van der Waals surface area (Å²) in [6.07, 6.45) is 3.37. The van der Waals surface area contributed by atoms with Crippen LogP contribution < -0.4 is 0 Å². The van der Waals surface area contributed by atoms with E-state index in [1.165, 1.54) is 18.2 Å². The zero-order valence-corrected chi connectivity index (χ0v) is 16.4. The van der Waals surface area contributed by atoms with Gasteiger partial charge in [0, 0.05) is 12.5 Å². The zero-order chi connectivity index (χ0) is 18.5. The van der Waals surface area contributed by atoms with E-state index in [0.29, 0.717) is 6.61 Å². The van der Waals surface area contributed by atoms with Crippen LogP contribution in [0.3, 0.4) is 0 Å². The van der Waals surface area contributed by atoms with Gasteiger partial charge in [-0.1, -0.05) is 60.7 Å².